The van der Waals surface area contributed by atoms with Gasteiger partial charge < -0.3 is 10.1 Å². The summed E-state index contributed by atoms with van der Waals surface area (Å²) in [5.74, 6) is 1.97. The van der Waals surface area contributed by atoms with Crippen molar-refractivity contribution >= 4 is 21.7 Å². The molecular formula is C12H20BrN3O. The summed E-state index contributed by atoms with van der Waals surface area (Å²) in [6.45, 7) is 7.08. The lowest BCUT2D eigenvalue weighted by atomic mass is 10.1. The summed E-state index contributed by atoms with van der Waals surface area (Å²) in [5, 5.41) is 4.31. The van der Waals surface area contributed by atoms with Crippen LogP contribution in [0.2, 0.25) is 0 Å². The molecule has 0 amide bonds. The number of aromatic nitrogens is 2. The molecule has 0 aromatic carbocycles. The van der Waals surface area contributed by atoms with Gasteiger partial charge in [-0.2, -0.15) is 0 Å². The Bertz CT molecular complexity index is 335. The molecule has 5 heteroatoms. The minimum Gasteiger partial charge on any atom is -0.478 e. The van der Waals surface area contributed by atoms with E-state index in [9.17, 15) is 0 Å². The van der Waals surface area contributed by atoms with E-state index >= 15 is 0 Å². The molecule has 17 heavy (non-hydrogen) atoms. The Morgan fingerprint density at radius 3 is 2.82 bits per heavy atom. The van der Waals surface area contributed by atoms with E-state index < -0.39 is 0 Å². The van der Waals surface area contributed by atoms with Crippen molar-refractivity contribution in [3.8, 4) is 5.88 Å². The van der Waals surface area contributed by atoms with Crippen LogP contribution in [0.3, 0.4) is 0 Å². The predicted molar refractivity (Wildman–Crippen MR) is 73.9 cm³/mol. The minimum absolute atomic E-state index is 0.350. The third-order valence-electron chi connectivity index (χ3n) is 2.57. The number of halogens is 1. The van der Waals surface area contributed by atoms with Crippen molar-refractivity contribution in [3.63, 3.8) is 0 Å². The molecule has 0 fully saturated rings. The molecule has 0 aliphatic rings. The normalized spacial score (nSPS) is 14.1. The first-order valence-corrected chi connectivity index (χ1v) is 7.06. The second-order valence-corrected chi connectivity index (χ2v) is 4.80. The molecule has 1 aromatic heterocycles. The van der Waals surface area contributed by atoms with E-state index in [2.05, 4.69) is 52.0 Å². The van der Waals surface area contributed by atoms with Crippen LogP contribution < -0.4 is 10.1 Å². The number of rotatable bonds is 7. The van der Waals surface area contributed by atoms with Crippen LogP contribution in [0.1, 0.15) is 27.2 Å². The number of nitrogens with one attached hydrogen (secondary N) is 1. The second kappa shape index (κ2) is 7.48. The summed E-state index contributed by atoms with van der Waals surface area (Å²) in [6, 6.07) is 2.19. The fraction of sp³-hybridized carbons (Fsp3) is 0.667. The van der Waals surface area contributed by atoms with Crippen LogP contribution in [0.4, 0.5) is 5.82 Å². The number of hydrogen-bond donors (Lipinski definition) is 1. The number of nitrogens with zero attached hydrogens (tertiary/aromatic N) is 2. The fourth-order valence-corrected chi connectivity index (χ4v) is 1.77. The first kappa shape index (κ1) is 14.2. The van der Waals surface area contributed by atoms with Gasteiger partial charge in [-0.05, 0) is 19.3 Å². The molecule has 0 saturated carbocycles. The van der Waals surface area contributed by atoms with Crippen molar-refractivity contribution in [2.24, 2.45) is 5.92 Å². The van der Waals surface area contributed by atoms with Gasteiger partial charge in [0.25, 0.3) is 0 Å². The third kappa shape index (κ3) is 4.89. The number of alkyl halides is 1. The zero-order valence-electron chi connectivity index (χ0n) is 10.6. The Morgan fingerprint density at radius 1 is 1.41 bits per heavy atom. The van der Waals surface area contributed by atoms with Crippen LogP contribution >= 0.6 is 15.9 Å². The average molecular weight is 302 g/mol. The van der Waals surface area contributed by atoms with Gasteiger partial charge in [-0.15, -0.1) is 0 Å². The lowest BCUT2D eigenvalue weighted by Crippen LogP contribution is -2.25. The van der Waals surface area contributed by atoms with Crippen molar-refractivity contribution in [3.05, 3.63) is 12.4 Å². The van der Waals surface area contributed by atoms with Crippen molar-refractivity contribution in [2.75, 3.05) is 17.3 Å². The average Bonchev–Trinajstić information content (AvgIpc) is 2.35. The Kier molecular flexibility index (Phi) is 6.26. The van der Waals surface area contributed by atoms with E-state index in [1.165, 1.54) is 6.33 Å². The van der Waals surface area contributed by atoms with Gasteiger partial charge in [-0.1, -0.05) is 29.8 Å². The van der Waals surface area contributed by atoms with Crippen molar-refractivity contribution in [2.45, 2.75) is 33.2 Å². The number of ether oxygens (including phenoxy) is 1. The molecule has 1 rings (SSSR count). The first-order chi connectivity index (χ1) is 8.17. The van der Waals surface area contributed by atoms with Gasteiger partial charge >= 0.3 is 0 Å². The number of anilines is 1. The summed E-state index contributed by atoms with van der Waals surface area (Å²) in [6.07, 6.45) is 2.50. The standard InChI is InChI=1S/C12H20BrN3O/c1-4-5-17-12-6-11(14-8-15-12)16-10(3)9(2)7-13/h6,8-10H,4-5,7H2,1-3H3,(H,14,15,16). The molecule has 0 aliphatic heterocycles. The van der Waals surface area contributed by atoms with Crippen LogP contribution in [0.25, 0.3) is 0 Å². The molecule has 0 bridgehead atoms. The molecule has 0 saturated heterocycles. The molecule has 0 spiro atoms. The Morgan fingerprint density at radius 2 is 2.18 bits per heavy atom. The molecule has 2 atom stereocenters. The van der Waals surface area contributed by atoms with E-state index in [-0.39, 0.29) is 0 Å². The van der Waals surface area contributed by atoms with Gasteiger partial charge in [-0.25, -0.2) is 9.97 Å². The highest BCUT2D eigenvalue weighted by molar-refractivity contribution is 9.09. The van der Waals surface area contributed by atoms with Crippen LogP contribution in [0.5, 0.6) is 5.88 Å². The Hall–Kier alpha value is -0.840. The molecule has 2 unspecified atom stereocenters. The van der Waals surface area contributed by atoms with E-state index in [0.717, 1.165) is 17.6 Å². The predicted octanol–water partition coefficient (Wildman–Crippen LogP) is 3.10. The molecule has 1 heterocycles. The topological polar surface area (TPSA) is 47.0 Å². The van der Waals surface area contributed by atoms with Crippen LogP contribution in [0.15, 0.2) is 12.4 Å². The van der Waals surface area contributed by atoms with Gasteiger partial charge in [0.05, 0.1) is 6.61 Å². The fourth-order valence-electron chi connectivity index (χ4n) is 1.21. The quantitative estimate of drug-likeness (QED) is 0.786. The lowest BCUT2D eigenvalue weighted by Gasteiger charge is -2.19. The van der Waals surface area contributed by atoms with Gasteiger partial charge in [0.15, 0.2) is 0 Å². The van der Waals surface area contributed by atoms with Crippen molar-refractivity contribution < 1.29 is 4.74 Å². The summed E-state index contributed by atoms with van der Waals surface area (Å²) in [7, 11) is 0. The van der Waals surface area contributed by atoms with Gasteiger partial charge in [0.2, 0.25) is 5.88 Å². The Balaban J connectivity index is 2.58. The largest absolute Gasteiger partial charge is 0.478 e. The SMILES string of the molecule is CCCOc1cc(NC(C)C(C)CBr)ncn1. The zero-order chi connectivity index (χ0) is 12.7. The summed E-state index contributed by atoms with van der Waals surface area (Å²) in [5.41, 5.74) is 0. The monoisotopic (exact) mass is 301 g/mol. The maximum Gasteiger partial charge on any atom is 0.218 e. The summed E-state index contributed by atoms with van der Waals surface area (Å²) < 4.78 is 5.46. The summed E-state index contributed by atoms with van der Waals surface area (Å²) in [4.78, 5) is 8.25. The first-order valence-electron chi connectivity index (χ1n) is 5.94. The molecule has 0 radical (unpaired) electrons. The second-order valence-electron chi connectivity index (χ2n) is 4.15. The smallest absolute Gasteiger partial charge is 0.218 e. The molecule has 0 aliphatic carbocycles. The van der Waals surface area contributed by atoms with Gasteiger partial charge in [0.1, 0.15) is 12.1 Å². The lowest BCUT2D eigenvalue weighted by molar-refractivity contribution is 0.305. The highest BCUT2D eigenvalue weighted by Crippen LogP contribution is 2.15. The van der Waals surface area contributed by atoms with Crippen molar-refractivity contribution in [1.82, 2.24) is 9.97 Å². The molecule has 4 nitrogen and oxygen atoms in total. The van der Waals surface area contributed by atoms with Gasteiger partial charge in [-0.3, -0.25) is 0 Å². The van der Waals surface area contributed by atoms with E-state index in [1.54, 1.807) is 0 Å². The zero-order valence-corrected chi connectivity index (χ0v) is 12.2. The maximum atomic E-state index is 5.46. The van der Waals surface area contributed by atoms with Crippen LogP contribution in [0, 0.1) is 5.92 Å². The Labute approximate surface area is 111 Å². The highest BCUT2D eigenvalue weighted by atomic mass is 79.9. The minimum atomic E-state index is 0.350. The molecule has 1 aromatic rings. The van der Waals surface area contributed by atoms with Crippen LogP contribution in [-0.2, 0) is 0 Å². The van der Waals surface area contributed by atoms with Crippen molar-refractivity contribution in [1.29, 1.82) is 0 Å². The summed E-state index contributed by atoms with van der Waals surface area (Å²) >= 11 is 3.48. The maximum absolute atomic E-state index is 5.46. The molecule has 1 N–H and O–H groups in total. The highest BCUT2D eigenvalue weighted by Gasteiger charge is 2.11. The molecule has 96 valence electrons. The van der Waals surface area contributed by atoms with Crippen LogP contribution in [-0.4, -0.2) is 27.9 Å². The van der Waals surface area contributed by atoms with E-state index in [0.29, 0.717) is 24.4 Å². The third-order valence-corrected chi connectivity index (χ3v) is 3.59. The van der Waals surface area contributed by atoms with E-state index in [4.69, 9.17) is 4.74 Å². The van der Waals surface area contributed by atoms with E-state index in [1.807, 2.05) is 6.07 Å². The molecular weight excluding hydrogens is 282 g/mol. The number of hydrogen-bond acceptors (Lipinski definition) is 4. The van der Waals surface area contributed by atoms with Gasteiger partial charge in [0, 0.05) is 17.4 Å².